The lowest BCUT2D eigenvalue weighted by Gasteiger charge is -2.14. The van der Waals surface area contributed by atoms with E-state index in [2.05, 4.69) is 39.2 Å². The molecule has 57 heavy (non-hydrogen) atoms. The number of carbonyl (C=O) groups is 2. The van der Waals surface area contributed by atoms with E-state index in [0.29, 0.717) is 54.7 Å². The number of carbonyl (C=O) groups excluding carboxylic acids is 2. The van der Waals surface area contributed by atoms with Crippen LogP contribution in [0.25, 0.3) is 0 Å². The maximum Gasteiger partial charge on any atom is 0.269 e. The van der Waals surface area contributed by atoms with Crippen molar-refractivity contribution in [1.82, 2.24) is 0 Å². The molecule has 0 bridgehead atoms. The van der Waals surface area contributed by atoms with Gasteiger partial charge in [-0.2, -0.15) is 0 Å². The second-order valence-corrected chi connectivity index (χ2v) is 13.8. The number of nitro groups is 2. The van der Waals surface area contributed by atoms with Crippen molar-refractivity contribution in [2.45, 2.75) is 14.7 Å². The number of amides is 2. The molecule has 0 unspecified atom stereocenters. The number of rotatable bonds is 10. The number of nitrogens with zero attached hydrogens (tertiary/aromatic N) is 2. The van der Waals surface area contributed by atoms with E-state index in [0.717, 1.165) is 9.79 Å². The van der Waals surface area contributed by atoms with Crippen molar-refractivity contribution in [1.29, 1.82) is 0 Å². The summed E-state index contributed by atoms with van der Waals surface area (Å²) in [5.74, 6) is 0.484. The number of nitrogen functional groups attached to an aromatic ring is 2. The first-order valence-corrected chi connectivity index (χ1v) is 18.6. The van der Waals surface area contributed by atoms with E-state index >= 15 is 0 Å². The zero-order valence-electron chi connectivity index (χ0n) is 30.3. The van der Waals surface area contributed by atoms with Crippen LogP contribution >= 0.6 is 40.3 Å². The van der Waals surface area contributed by atoms with E-state index in [1.165, 1.54) is 43.1 Å². The third kappa shape index (κ3) is 12.2. The Labute approximate surface area is 345 Å². The van der Waals surface area contributed by atoms with Gasteiger partial charge < -0.3 is 31.6 Å². The lowest BCUT2D eigenvalue weighted by molar-refractivity contribution is -0.385. The molecule has 0 saturated carbocycles. The van der Waals surface area contributed by atoms with Gasteiger partial charge in [-0.05, 0) is 88.7 Å². The fourth-order valence-electron chi connectivity index (χ4n) is 4.86. The summed E-state index contributed by atoms with van der Waals surface area (Å²) in [5, 5.41) is 26.5. The van der Waals surface area contributed by atoms with Crippen molar-refractivity contribution in [2.24, 2.45) is 0 Å². The zero-order valence-corrected chi connectivity index (χ0v) is 33.5. The monoisotopic (exact) mass is 870 g/mol. The van der Waals surface area contributed by atoms with Gasteiger partial charge in [0.05, 0.1) is 46.6 Å². The van der Waals surface area contributed by atoms with Crippen molar-refractivity contribution < 1.29 is 28.9 Å². The first kappa shape index (κ1) is 43.2. The summed E-state index contributed by atoms with van der Waals surface area (Å²) in [4.78, 5) is 47.3. The molecule has 0 aromatic heterocycles. The van der Waals surface area contributed by atoms with Crippen molar-refractivity contribution in [3.05, 3.63) is 169 Å². The summed E-state index contributed by atoms with van der Waals surface area (Å²) in [6, 6.07) is 36.8. The molecule has 0 atom stereocenters. The highest BCUT2D eigenvalue weighted by Crippen LogP contribution is 2.35. The standard InChI is InChI=1S/C20H17N3O4S.C14H13BrN2O2.C6H5NO2S/c1-27-17-7-3-2-6-16(17)22-20(24)19-15(21)5-4-8-18(19)28-14-11-9-13(10-12-14)23(25)26;1-19-12-8-3-2-7-11(12)17-14(18)13-9(15)5-4-6-10(13)16;8-7(9)5-1-3-6(10)4-2-5/h2-12H,21H2,1H3,(H,22,24);2-8H,16H2,1H3,(H,17,18);1-4,10H. The Hall–Kier alpha value is -6.56. The van der Waals surface area contributed by atoms with Gasteiger partial charge in [-0.1, -0.05) is 48.2 Å². The Morgan fingerprint density at radius 2 is 1.07 bits per heavy atom. The van der Waals surface area contributed by atoms with Crippen molar-refractivity contribution in [3.63, 3.8) is 0 Å². The molecule has 292 valence electrons. The number of para-hydroxylation sites is 4. The smallest absolute Gasteiger partial charge is 0.269 e. The maximum absolute atomic E-state index is 12.9. The Morgan fingerprint density at radius 1 is 0.632 bits per heavy atom. The van der Waals surface area contributed by atoms with E-state index in [1.54, 1.807) is 104 Å². The molecule has 0 aliphatic heterocycles. The Bertz CT molecular complexity index is 2350. The lowest BCUT2D eigenvalue weighted by Crippen LogP contribution is -2.15. The number of halogens is 1. The highest BCUT2D eigenvalue weighted by molar-refractivity contribution is 9.10. The van der Waals surface area contributed by atoms with Crippen LogP contribution in [-0.4, -0.2) is 35.9 Å². The van der Waals surface area contributed by atoms with Crippen LogP contribution in [0, 0.1) is 20.2 Å². The Kier molecular flexibility index (Phi) is 15.9. The maximum atomic E-state index is 12.9. The number of nitro benzene ring substituents is 2. The molecule has 0 saturated heterocycles. The highest BCUT2D eigenvalue weighted by atomic mass is 79.9. The van der Waals surface area contributed by atoms with Crippen LogP contribution < -0.4 is 31.6 Å². The van der Waals surface area contributed by atoms with Crippen molar-refractivity contribution >= 4 is 86.3 Å². The normalized spacial score (nSPS) is 10.0. The molecule has 6 aromatic rings. The van der Waals surface area contributed by atoms with E-state index in [-0.39, 0.29) is 23.2 Å². The molecule has 6 aromatic carbocycles. The summed E-state index contributed by atoms with van der Waals surface area (Å²) in [6.45, 7) is 0. The van der Waals surface area contributed by atoms with E-state index < -0.39 is 9.85 Å². The second-order valence-electron chi connectivity index (χ2n) is 11.4. The third-order valence-electron chi connectivity index (χ3n) is 7.60. The summed E-state index contributed by atoms with van der Waals surface area (Å²) >= 11 is 8.61. The molecule has 6 N–H and O–H groups in total. The minimum atomic E-state index is -0.457. The molecule has 0 aliphatic carbocycles. The van der Waals surface area contributed by atoms with Gasteiger partial charge in [0.15, 0.2) is 0 Å². The molecule has 14 nitrogen and oxygen atoms in total. The minimum Gasteiger partial charge on any atom is -0.495 e. The number of nitrogens with one attached hydrogen (secondary N) is 2. The van der Waals surface area contributed by atoms with E-state index in [1.807, 2.05) is 12.1 Å². The fourth-order valence-corrected chi connectivity index (χ4v) is 6.56. The predicted molar refractivity (Wildman–Crippen MR) is 229 cm³/mol. The molecule has 17 heteroatoms. The Balaban J connectivity index is 0.000000213. The molecule has 0 aliphatic rings. The summed E-state index contributed by atoms with van der Waals surface area (Å²) < 4.78 is 11.1. The van der Waals surface area contributed by atoms with Gasteiger partial charge in [0, 0.05) is 54.8 Å². The van der Waals surface area contributed by atoms with E-state index in [9.17, 15) is 29.8 Å². The van der Waals surface area contributed by atoms with Gasteiger partial charge >= 0.3 is 0 Å². The molecular weight excluding hydrogens is 837 g/mol. The first-order chi connectivity index (χ1) is 27.3. The largest absolute Gasteiger partial charge is 0.495 e. The number of hydrogen-bond donors (Lipinski definition) is 5. The number of benzene rings is 6. The van der Waals surface area contributed by atoms with Gasteiger partial charge in [-0.25, -0.2) is 0 Å². The van der Waals surface area contributed by atoms with Gasteiger partial charge in [0.2, 0.25) is 0 Å². The van der Waals surface area contributed by atoms with Crippen LogP contribution in [-0.2, 0) is 0 Å². The van der Waals surface area contributed by atoms with Gasteiger partial charge in [-0.15, -0.1) is 12.6 Å². The average Bonchev–Trinajstić information content (AvgIpc) is 3.19. The van der Waals surface area contributed by atoms with Gasteiger partial charge in [0.25, 0.3) is 23.2 Å². The second kappa shape index (κ2) is 20.9. The number of ether oxygens (including phenoxy) is 2. The fraction of sp³-hybridized carbons (Fsp3) is 0.0500. The lowest BCUT2D eigenvalue weighted by atomic mass is 10.1. The highest BCUT2D eigenvalue weighted by Gasteiger charge is 2.18. The number of anilines is 4. The van der Waals surface area contributed by atoms with Gasteiger partial charge in [-0.3, -0.25) is 29.8 Å². The predicted octanol–water partition coefficient (Wildman–Crippen LogP) is 9.76. The van der Waals surface area contributed by atoms with Crippen molar-refractivity contribution in [2.75, 3.05) is 36.3 Å². The molecule has 0 fully saturated rings. The number of non-ortho nitro benzene ring substituents is 2. The number of methoxy groups -OCH3 is 2. The van der Waals surface area contributed by atoms with Crippen molar-refractivity contribution in [3.8, 4) is 11.5 Å². The van der Waals surface area contributed by atoms with Crippen LogP contribution in [0.2, 0.25) is 0 Å². The first-order valence-electron chi connectivity index (χ1n) is 16.5. The molecule has 0 spiro atoms. The van der Waals surface area contributed by atoms with Crippen LogP contribution in [0.15, 0.2) is 153 Å². The minimum absolute atomic E-state index is 0.00562. The van der Waals surface area contributed by atoms with Crippen LogP contribution in [0.5, 0.6) is 11.5 Å². The van der Waals surface area contributed by atoms with Crippen LogP contribution in [0.3, 0.4) is 0 Å². The van der Waals surface area contributed by atoms with Crippen LogP contribution in [0.4, 0.5) is 34.1 Å². The summed E-state index contributed by atoms with van der Waals surface area (Å²) in [7, 11) is 3.08. The summed E-state index contributed by atoms with van der Waals surface area (Å²) in [5.41, 5.74) is 14.6. The number of nitrogens with two attached hydrogens (primary N) is 2. The van der Waals surface area contributed by atoms with Gasteiger partial charge in [0.1, 0.15) is 11.5 Å². The zero-order chi connectivity index (χ0) is 41.5. The average molecular weight is 872 g/mol. The SMILES string of the molecule is COc1ccccc1NC(=O)c1c(N)cccc1Br.COc1ccccc1NC(=O)c1c(N)cccc1Sc1ccc([N+](=O)[O-])cc1.O=[N+]([O-])c1ccc(S)cc1. The summed E-state index contributed by atoms with van der Waals surface area (Å²) in [6.07, 6.45) is 0. The topological polar surface area (TPSA) is 215 Å². The Morgan fingerprint density at radius 3 is 1.54 bits per heavy atom. The van der Waals surface area contributed by atoms with Crippen LogP contribution in [0.1, 0.15) is 20.7 Å². The molecule has 0 heterocycles. The molecular formula is C40H35BrN6O8S2. The quantitative estimate of drug-likeness (QED) is 0.0378. The number of thiol groups is 1. The molecule has 2 amide bonds. The van der Waals surface area contributed by atoms with E-state index in [4.69, 9.17) is 20.9 Å². The number of hydrogen-bond acceptors (Lipinski definition) is 12. The molecule has 6 rings (SSSR count). The third-order valence-corrected chi connectivity index (χ3v) is 9.63. The molecule has 0 radical (unpaired) electrons.